The number of unbranched alkanes of at least 4 members (excludes halogenated alkanes) is 2. The molecular weight excluding hydrogens is 688 g/mol. The number of ketones is 1. The quantitative estimate of drug-likeness (QED) is 0.0254. The van der Waals surface area contributed by atoms with E-state index in [2.05, 4.69) is 26.0 Å². The molecule has 53 heavy (non-hydrogen) atoms. The molecule has 298 valence electrons. The lowest BCUT2D eigenvalue weighted by atomic mass is 9.91. The van der Waals surface area contributed by atoms with E-state index in [9.17, 15) is 24.0 Å². The summed E-state index contributed by atoms with van der Waals surface area (Å²) in [7, 11) is 0. The summed E-state index contributed by atoms with van der Waals surface area (Å²) in [4.78, 5) is 66.6. The molecule has 0 radical (unpaired) electrons. The van der Waals surface area contributed by atoms with E-state index in [0.717, 1.165) is 5.56 Å². The Labute approximate surface area is 313 Å². The number of nitrogens with one attached hydrogen (secondary N) is 3. The molecule has 0 saturated carbocycles. The maximum atomic E-state index is 13.7. The molecule has 0 aliphatic heterocycles. The predicted octanol–water partition coefficient (Wildman–Crippen LogP) is 5.91. The third kappa shape index (κ3) is 26.1. The number of alkyl carbamates (subject to hydrolysis) is 2. The molecule has 16 nitrogen and oxygen atoms in total. The van der Waals surface area contributed by atoms with E-state index in [-0.39, 0.29) is 64.6 Å². The number of carbonyl (C=O) groups excluding carboxylic acids is 5. The second kappa shape index (κ2) is 26.4. The maximum Gasteiger partial charge on any atom is 0.407 e. The SMILES string of the molecule is CC(C)(C)OC(=O)NCCCC[C@H](NC(=O)CCOCCOCCN=[N+]=[N-])C(=O)C[C@@H](CCCCNC(=O)OCc1ccccc1)C(=O)OC(C)(C)C. The number of benzene rings is 1. The number of rotatable bonds is 26. The average molecular weight is 749 g/mol. The van der Waals surface area contributed by atoms with Gasteiger partial charge in [-0.2, -0.15) is 0 Å². The highest BCUT2D eigenvalue weighted by Crippen LogP contribution is 2.21. The summed E-state index contributed by atoms with van der Waals surface area (Å²) >= 11 is 0. The monoisotopic (exact) mass is 748 g/mol. The van der Waals surface area contributed by atoms with Crippen molar-refractivity contribution < 1.29 is 47.7 Å². The second-order valence-electron chi connectivity index (χ2n) is 14.4. The predicted molar refractivity (Wildman–Crippen MR) is 198 cm³/mol. The Morgan fingerprint density at radius 1 is 0.774 bits per heavy atom. The molecule has 0 saturated heterocycles. The highest BCUT2D eigenvalue weighted by molar-refractivity contribution is 5.91. The first-order valence-electron chi connectivity index (χ1n) is 18.2. The summed E-state index contributed by atoms with van der Waals surface area (Å²) in [6, 6.07) is 8.44. The van der Waals surface area contributed by atoms with Crippen molar-refractivity contribution in [2.75, 3.05) is 46.1 Å². The molecular formula is C37H60N6O10. The molecule has 16 heteroatoms. The Hall–Kier alpha value is -4.40. The number of Topliss-reactive ketones (excluding diaryl/α,β-unsaturated/α-hetero) is 1. The minimum absolute atomic E-state index is 0.00101. The molecule has 3 N–H and O–H groups in total. The van der Waals surface area contributed by atoms with Gasteiger partial charge < -0.3 is 39.6 Å². The molecule has 2 atom stereocenters. The highest BCUT2D eigenvalue weighted by atomic mass is 16.6. The molecule has 1 aromatic rings. The van der Waals surface area contributed by atoms with Crippen LogP contribution in [0, 0.1) is 5.92 Å². The number of hydrogen-bond acceptors (Lipinski definition) is 11. The zero-order chi connectivity index (χ0) is 39.5. The molecule has 3 amide bonds. The molecule has 0 spiro atoms. The van der Waals surface area contributed by atoms with E-state index in [1.54, 1.807) is 41.5 Å². The maximum absolute atomic E-state index is 13.7. The highest BCUT2D eigenvalue weighted by Gasteiger charge is 2.30. The minimum atomic E-state index is -0.876. The van der Waals surface area contributed by atoms with Crippen molar-refractivity contribution >= 4 is 29.8 Å². The van der Waals surface area contributed by atoms with Gasteiger partial charge in [0.1, 0.15) is 17.8 Å². The summed E-state index contributed by atoms with van der Waals surface area (Å²) in [5.74, 6) is -1.98. The van der Waals surface area contributed by atoms with Crippen LogP contribution in [0.5, 0.6) is 0 Å². The van der Waals surface area contributed by atoms with Crippen LogP contribution in [0.25, 0.3) is 10.4 Å². The van der Waals surface area contributed by atoms with Crippen molar-refractivity contribution in [3.63, 3.8) is 0 Å². The summed E-state index contributed by atoms with van der Waals surface area (Å²) in [6.07, 6.45) is 1.47. The van der Waals surface area contributed by atoms with Gasteiger partial charge in [0.15, 0.2) is 5.78 Å². The van der Waals surface area contributed by atoms with Crippen molar-refractivity contribution in [2.45, 2.75) is 117 Å². The first kappa shape index (κ1) is 46.6. The first-order chi connectivity index (χ1) is 25.1. The van der Waals surface area contributed by atoms with Gasteiger partial charge in [0.05, 0.1) is 38.4 Å². The van der Waals surface area contributed by atoms with Crippen molar-refractivity contribution in [2.24, 2.45) is 11.0 Å². The van der Waals surface area contributed by atoms with Crippen molar-refractivity contribution in [1.82, 2.24) is 16.0 Å². The Morgan fingerprint density at radius 2 is 1.38 bits per heavy atom. The van der Waals surface area contributed by atoms with E-state index in [4.69, 9.17) is 29.2 Å². The number of esters is 1. The minimum Gasteiger partial charge on any atom is -0.460 e. The van der Waals surface area contributed by atoms with Crippen LogP contribution in [0.4, 0.5) is 9.59 Å². The Balaban J connectivity index is 2.77. The Morgan fingerprint density at radius 3 is 2.00 bits per heavy atom. The number of nitrogens with zero attached hydrogens (tertiary/aromatic N) is 3. The van der Waals surface area contributed by atoms with Gasteiger partial charge in [0, 0.05) is 37.4 Å². The van der Waals surface area contributed by atoms with Crippen molar-refractivity contribution in [3.8, 4) is 0 Å². The number of amides is 3. The molecule has 0 aromatic heterocycles. The van der Waals surface area contributed by atoms with Gasteiger partial charge in [-0.25, -0.2) is 9.59 Å². The lowest BCUT2D eigenvalue weighted by Gasteiger charge is -2.25. The lowest BCUT2D eigenvalue weighted by Crippen LogP contribution is -2.43. The van der Waals surface area contributed by atoms with Gasteiger partial charge in [-0.05, 0) is 84.7 Å². The topological polar surface area (TPSA) is 216 Å². The van der Waals surface area contributed by atoms with Crippen LogP contribution < -0.4 is 16.0 Å². The number of hydrogen-bond donors (Lipinski definition) is 3. The van der Waals surface area contributed by atoms with Crippen molar-refractivity contribution in [1.29, 1.82) is 0 Å². The second-order valence-corrected chi connectivity index (χ2v) is 14.4. The first-order valence-corrected chi connectivity index (χ1v) is 18.2. The van der Waals surface area contributed by atoms with Crippen molar-refractivity contribution in [3.05, 3.63) is 46.3 Å². The standard InChI is InChI=1S/C37H60N6O10/c1-36(2,3)52-33(46)29(16-10-12-19-39-34(47)51-27-28-14-8-7-9-15-28)26-31(44)30(17-11-13-20-40-35(48)53-37(4,5)6)42-32(45)18-22-49-24-25-50-23-21-41-43-38/h7-9,14-15,29-30H,10-13,16-27H2,1-6H3,(H,39,47)(H,40,48)(H,42,45)/t29-,30+/m1/s1. The molecule has 0 bridgehead atoms. The van der Waals surface area contributed by atoms with Crippen LogP contribution in [0.2, 0.25) is 0 Å². The number of ether oxygens (including phenoxy) is 5. The smallest absolute Gasteiger partial charge is 0.407 e. The van der Waals surface area contributed by atoms with Gasteiger partial charge in [0.25, 0.3) is 0 Å². The van der Waals surface area contributed by atoms with Crippen LogP contribution in [-0.4, -0.2) is 93.2 Å². The molecule has 0 unspecified atom stereocenters. The molecule has 1 aromatic carbocycles. The van der Waals surface area contributed by atoms with Gasteiger partial charge in [0.2, 0.25) is 5.91 Å². The third-order valence-electron chi connectivity index (χ3n) is 7.21. The number of azide groups is 1. The van der Waals surface area contributed by atoms with Crippen LogP contribution in [0.3, 0.4) is 0 Å². The zero-order valence-electron chi connectivity index (χ0n) is 32.3. The van der Waals surface area contributed by atoms with Gasteiger partial charge in [-0.1, -0.05) is 41.9 Å². The zero-order valence-corrected chi connectivity index (χ0v) is 32.3. The van der Waals surface area contributed by atoms with Gasteiger partial charge >= 0.3 is 18.2 Å². The fourth-order valence-electron chi connectivity index (χ4n) is 4.75. The molecule has 0 heterocycles. The van der Waals surface area contributed by atoms with Crippen LogP contribution >= 0.6 is 0 Å². The third-order valence-corrected chi connectivity index (χ3v) is 7.21. The Bertz CT molecular complexity index is 1290. The fraction of sp³-hybridized carbons (Fsp3) is 0.703. The summed E-state index contributed by atoms with van der Waals surface area (Å²) in [5.41, 5.74) is 7.76. The molecule has 0 fully saturated rings. The van der Waals surface area contributed by atoms with E-state index in [1.165, 1.54) is 0 Å². The Kier molecular flexibility index (Phi) is 23.2. The summed E-state index contributed by atoms with van der Waals surface area (Å²) in [5, 5.41) is 11.6. The fourth-order valence-corrected chi connectivity index (χ4v) is 4.75. The van der Waals surface area contributed by atoms with Crippen LogP contribution in [0.15, 0.2) is 35.4 Å². The van der Waals surface area contributed by atoms with Crippen LogP contribution in [0.1, 0.15) is 98.5 Å². The van der Waals surface area contributed by atoms with E-state index in [1.807, 2.05) is 30.3 Å². The summed E-state index contributed by atoms with van der Waals surface area (Å²) in [6.45, 7) is 12.4. The van der Waals surface area contributed by atoms with E-state index in [0.29, 0.717) is 45.2 Å². The number of carbonyl (C=O) groups is 5. The average Bonchev–Trinajstić information content (AvgIpc) is 3.07. The molecule has 0 aliphatic rings. The van der Waals surface area contributed by atoms with Gasteiger partial charge in [-0.15, -0.1) is 0 Å². The van der Waals surface area contributed by atoms with E-state index >= 15 is 0 Å². The lowest BCUT2D eigenvalue weighted by molar-refractivity contribution is -0.161. The normalized spacial score (nSPS) is 12.4. The molecule has 0 aliphatic carbocycles. The molecule has 1 rings (SSSR count). The summed E-state index contributed by atoms with van der Waals surface area (Å²) < 4.78 is 26.9. The largest absolute Gasteiger partial charge is 0.460 e. The van der Waals surface area contributed by atoms with Gasteiger partial charge in [-0.3, -0.25) is 14.4 Å². The van der Waals surface area contributed by atoms with Crippen LogP contribution in [-0.2, 0) is 44.7 Å². The van der Waals surface area contributed by atoms with E-state index < -0.39 is 47.2 Å².